The molecule has 0 saturated heterocycles. The van der Waals surface area contributed by atoms with Crippen molar-refractivity contribution < 1.29 is 80.2 Å². The molecule has 0 aromatic carbocycles. The lowest BCUT2D eigenvalue weighted by molar-refractivity contribution is -0.161. The van der Waals surface area contributed by atoms with E-state index in [2.05, 4.69) is 210 Å². The minimum atomic E-state index is -5.02. The van der Waals surface area contributed by atoms with Crippen LogP contribution >= 0.6 is 15.6 Å². The van der Waals surface area contributed by atoms with Crippen LogP contribution in [0.3, 0.4) is 0 Å². The fraction of sp³-hybridized carbons (Fsp3) is 0.573. The van der Waals surface area contributed by atoms with E-state index in [4.69, 9.17) is 37.0 Å². The number of hydrogen-bond acceptors (Lipinski definition) is 15. The van der Waals surface area contributed by atoms with Gasteiger partial charge in [0.05, 0.1) is 32.8 Å². The zero-order chi connectivity index (χ0) is 78.9. The summed E-state index contributed by atoms with van der Waals surface area (Å²) < 4.78 is 68.5. The summed E-state index contributed by atoms with van der Waals surface area (Å²) in [6.45, 7) is 4.20. The van der Waals surface area contributed by atoms with Crippen molar-refractivity contribution in [2.45, 2.75) is 290 Å². The SMILES string of the molecule is CC/C=C\C/C=C\C/C=C\C/C=C\C/C=C\CCCCCC(=O)OCC(COP(=O)(O)OCC(O)COP(=O)(O)OCC(COC(=O)CCCCCCCC/C=C\C/C=C\C/C=C\C/C=C\CC)OC(=O)C/C=C\C/C=C\C/C=C\C/C=C\C/C=C\CC)OC(=O)CCCCCCC/C=C\C/C=C\C/C=C\CC. The number of ether oxygens (including phenoxy) is 4. The van der Waals surface area contributed by atoms with Crippen molar-refractivity contribution in [3.63, 3.8) is 0 Å². The van der Waals surface area contributed by atoms with Gasteiger partial charge in [0.2, 0.25) is 0 Å². The van der Waals surface area contributed by atoms with E-state index >= 15 is 0 Å². The summed E-state index contributed by atoms with van der Waals surface area (Å²) in [4.78, 5) is 73.0. The van der Waals surface area contributed by atoms with Crippen LogP contribution in [0.1, 0.15) is 272 Å². The quantitative estimate of drug-likeness (QED) is 0.0169. The summed E-state index contributed by atoms with van der Waals surface area (Å²) in [5.74, 6) is -2.42. The van der Waals surface area contributed by atoms with E-state index in [0.29, 0.717) is 25.7 Å². The van der Waals surface area contributed by atoms with Crippen molar-refractivity contribution in [3.8, 4) is 0 Å². The maximum absolute atomic E-state index is 13.1. The molecule has 3 N–H and O–H groups in total. The van der Waals surface area contributed by atoms with E-state index in [1.165, 1.54) is 0 Å². The highest BCUT2D eigenvalue weighted by Crippen LogP contribution is 2.45. The fourth-order valence-corrected chi connectivity index (χ4v) is 11.4. The van der Waals surface area contributed by atoms with Crippen LogP contribution in [-0.4, -0.2) is 96.7 Å². The molecule has 0 aromatic rings. The molecule has 0 amide bonds. The Balaban J connectivity index is 5.50. The number of rotatable bonds is 73. The molecule has 0 aliphatic rings. The number of allylic oxidation sites excluding steroid dienone is 33. The molecule has 0 aliphatic heterocycles. The lowest BCUT2D eigenvalue weighted by Gasteiger charge is -2.21. The van der Waals surface area contributed by atoms with Gasteiger partial charge in [-0.3, -0.25) is 37.3 Å². The van der Waals surface area contributed by atoms with Gasteiger partial charge < -0.3 is 33.8 Å². The second-order valence-corrected chi connectivity index (χ2v) is 28.8. The van der Waals surface area contributed by atoms with Gasteiger partial charge >= 0.3 is 39.5 Å². The van der Waals surface area contributed by atoms with Crippen LogP contribution in [0.25, 0.3) is 0 Å². The third kappa shape index (κ3) is 77.8. The van der Waals surface area contributed by atoms with E-state index in [1.807, 2.05) is 12.2 Å². The van der Waals surface area contributed by atoms with Crippen LogP contribution in [0.4, 0.5) is 0 Å². The summed E-state index contributed by atoms with van der Waals surface area (Å²) >= 11 is 0. The van der Waals surface area contributed by atoms with Crippen molar-refractivity contribution in [3.05, 3.63) is 207 Å². The lowest BCUT2D eigenvalue weighted by Crippen LogP contribution is -2.30. The third-order valence-electron chi connectivity index (χ3n) is 15.8. The van der Waals surface area contributed by atoms with Crippen LogP contribution in [0.15, 0.2) is 207 Å². The van der Waals surface area contributed by atoms with E-state index in [0.717, 1.165) is 193 Å². The molecule has 0 bridgehead atoms. The smallest absolute Gasteiger partial charge is 0.462 e. The van der Waals surface area contributed by atoms with E-state index in [-0.39, 0.29) is 25.7 Å². The molecular weight excluding hydrogens is 1400 g/mol. The number of unbranched alkanes of at least 4 members (excludes halogenated alkanes) is 14. The van der Waals surface area contributed by atoms with Crippen LogP contribution in [-0.2, 0) is 65.4 Å². The maximum Gasteiger partial charge on any atom is 0.472 e. The first-order chi connectivity index (χ1) is 52.7. The summed E-state index contributed by atoms with van der Waals surface area (Å²) in [6.07, 6.45) is 98.4. The monoisotopic (exact) mass is 1540 g/mol. The minimum absolute atomic E-state index is 0.0564. The van der Waals surface area contributed by atoms with Crippen molar-refractivity contribution >= 4 is 39.5 Å². The molecule has 5 unspecified atom stereocenters. The molecule has 108 heavy (non-hydrogen) atoms. The number of carbonyl (C=O) groups is 4. The minimum Gasteiger partial charge on any atom is -0.462 e. The number of aliphatic hydroxyl groups excluding tert-OH is 1. The molecule has 0 heterocycles. The highest BCUT2D eigenvalue weighted by atomic mass is 31.2. The number of phosphoric ester groups is 2. The first-order valence-corrected chi connectivity index (χ1v) is 43.3. The largest absolute Gasteiger partial charge is 0.472 e. The number of hydrogen-bond donors (Lipinski definition) is 3. The van der Waals surface area contributed by atoms with Gasteiger partial charge in [-0.15, -0.1) is 0 Å². The fourth-order valence-electron chi connectivity index (χ4n) is 9.80. The van der Waals surface area contributed by atoms with Crippen molar-refractivity contribution in [2.24, 2.45) is 0 Å². The second-order valence-electron chi connectivity index (χ2n) is 25.8. The zero-order valence-corrected chi connectivity index (χ0v) is 68.2. The van der Waals surface area contributed by atoms with Crippen LogP contribution in [0, 0.1) is 0 Å². The second kappa shape index (κ2) is 78.8. The summed E-state index contributed by atoms with van der Waals surface area (Å²) in [5, 5.41) is 10.6. The van der Waals surface area contributed by atoms with Gasteiger partial charge in [-0.25, -0.2) is 9.13 Å². The zero-order valence-electron chi connectivity index (χ0n) is 66.4. The molecule has 0 aliphatic carbocycles. The number of esters is 4. The summed E-state index contributed by atoms with van der Waals surface area (Å²) in [6, 6.07) is 0. The Labute approximate surface area is 652 Å². The van der Waals surface area contributed by atoms with Gasteiger partial charge in [0, 0.05) is 19.3 Å². The van der Waals surface area contributed by atoms with Gasteiger partial charge in [0.25, 0.3) is 0 Å². The molecule has 0 radical (unpaired) electrons. The van der Waals surface area contributed by atoms with Crippen molar-refractivity contribution in [1.82, 2.24) is 0 Å². The van der Waals surface area contributed by atoms with E-state index < -0.39 is 97.5 Å². The summed E-state index contributed by atoms with van der Waals surface area (Å²) in [5.41, 5.74) is 0. The van der Waals surface area contributed by atoms with Gasteiger partial charge in [-0.05, 0) is 167 Å². The van der Waals surface area contributed by atoms with Crippen LogP contribution in [0.2, 0.25) is 0 Å². The highest BCUT2D eigenvalue weighted by Gasteiger charge is 2.30. The third-order valence-corrected chi connectivity index (χ3v) is 17.7. The molecule has 17 nitrogen and oxygen atoms in total. The van der Waals surface area contributed by atoms with Crippen LogP contribution in [0.5, 0.6) is 0 Å². The Kier molecular flexibility index (Phi) is 74.1. The predicted molar refractivity (Wildman–Crippen MR) is 445 cm³/mol. The molecule has 0 fully saturated rings. The molecule has 0 rings (SSSR count). The first kappa shape index (κ1) is 102. The molecule has 608 valence electrons. The average Bonchev–Trinajstić information content (AvgIpc) is 0.923. The Morgan fingerprint density at radius 2 is 0.491 bits per heavy atom. The normalized spacial score (nSPS) is 14.9. The van der Waals surface area contributed by atoms with Crippen molar-refractivity contribution in [2.75, 3.05) is 39.6 Å². The summed E-state index contributed by atoms with van der Waals surface area (Å²) in [7, 11) is -10.0. The molecule has 0 aromatic heterocycles. The predicted octanol–water partition coefficient (Wildman–Crippen LogP) is 23.9. The Hall–Kier alpha value is -6.36. The average molecular weight is 1540 g/mol. The topological polar surface area (TPSA) is 237 Å². The molecule has 5 atom stereocenters. The highest BCUT2D eigenvalue weighted by molar-refractivity contribution is 7.47. The van der Waals surface area contributed by atoms with Gasteiger partial charge in [0.1, 0.15) is 19.3 Å². The molecule has 0 saturated carbocycles. The Bertz CT molecular complexity index is 2860. The number of aliphatic hydroxyl groups is 1. The molecule has 19 heteroatoms. The van der Waals surface area contributed by atoms with E-state index in [9.17, 15) is 43.2 Å². The number of carbonyl (C=O) groups excluding carboxylic acids is 4. The lowest BCUT2D eigenvalue weighted by atomic mass is 10.1. The Morgan fingerprint density at radius 3 is 0.787 bits per heavy atom. The molecule has 0 spiro atoms. The molecular formula is C89H140O17P2. The number of phosphoric acid groups is 2. The van der Waals surface area contributed by atoms with Gasteiger partial charge in [0.15, 0.2) is 12.2 Å². The van der Waals surface area contributed by atoms with E-state index in [1.54, 1.807) is 12.2 Å². The van der Waals surface area contributed by atoms with Gasteiger partial charge in [-0.1, -0.05) is 286 Å². The standard InChI is InChI=1S/C89H140O17P2/c1-5-9-13-17-21-25-29-33-37-39-41-43-47-49-53-57-61-65-69-73-86(91)99-79-84(105-88(93)75-71-67-63-59-55-51-45-35-31-27-23-19-15-11-7-3)81-103-107(95,96)101-77-83(90)78-102-108(97,98)104-82-85(106-89(94)76-72-68-64-60-56-52-46-36-32-28-24-20-16-12-8-4)80-100-87(92)74-70-66-62-58-54-50-48-44-42-40-38-34-30-26-22-18-14-10-6-2/h9-16,21-28,33-38,41-46,49,53,56,60,68,72,83-85,90H,5-8,17-20,29-32,39-40,47-48,50-52,54-55,57-59,61-67,69-71,73-82H2,1-4H3,(H,95,96)(H,97,98)/b13-9-,14-10-,15-11-,16-12-,25-21-,26-22-,27-23-,28-24-,37-33-,38-34-,43-41-,44-42-,45-35-,46-36-,53-49-,60-56-,72-68-. The Morgan fingerprint density at radius 1 is 0.269 bits per heavy atom. The maximum atomic E-state index is 13.1. The van der Waals surface area contributed by atoms with Gasteiger partial charge in [-0.2, -0.15) is 0 Å². The van der Waals surface area contributed by atoms with Crippen molar-refractivity contribution in [1.29, 1.82) is 0 Å². The first-order valence-electron chi connectivity index (χ1n) is 40.3. The van der Waals surface area contributed by atoms with Crippen LogP contribution < -0.4 is 0 Å².